The van der Waals surface area contributed by atoms with Crippen LogP contribution in [0.2, 0.25) is 0 Å². The van der Waals surface area contributed by atoms with Gasteiger partial charge in [0, 0.05) is 24.6 Å². The maximum atomic E-state index is 12.4. The summed E-state index contributed by atoms with van der Waals surface area (Å²) in [5.74, 6) is 0.820. The molecule has 2 aromatic carbocycles. The molecule has 0 unspecified atom stereocenters. The number of nitrogens with zero attached hydrogens (tertiary/aromatic N) is 2. The molecule has 0 aliphatic carbocycles. The van der Waals surface area contributed by atoms with E-state index in [9.17, 15) is 13.2 Å². The van der Waals surface area contributed by atoms with E-state index in [1.165, 1.54) is 6.07 Å². The molecule has 3 rings (SSSR count). The fourth-order valence-electron chi connectivity index (χ4n) is 2.62. The van der Waals surface area contributed by atoms with Crippen LogP contribution in [-0.2, 0) is 0 Å². The Bertz CT molecular complexity index is 1030. The van der Waals surface area contributed by atoms with Crippen molar-refractivity contribution in [3.05, 3.63) is 54.2 Å². The third kappa shape index (κ3) is 5.69. The number of thiol groups is 1. The van der Waals surface area contributed by atoms with Gasteiger partial charge in [0.05, 0.1) is 10.6 Å². The Morgan fingerprint density at radius 2 is 1.87 bits per heavy atom. The van der Waals surface area contributed by atoms with Crippen molar-refractivity contribution in [1.82, 2.24) is 9.97 Å². The highest BCUT2D eigenvalue weighted by atomic mass is 32.1. The second-order valence-corrected chi connectivity index (χ2v) is 6.80. The zero-order chi connectivity index (χ0) is 21.7. The van der Waals surface area contributed by atoms with Crippen LogP contribution in [0.3, 0.4) is 0 Å². The summed E-state index contributed by atoms with van der Waals surface area (Å²) in [5.41, 5.74) is 3.34. The summed E-state index contributed by atoms with van der Waals surface area (Å²) < 4.78 is 42.1. The number of rotatable bonds is 7. The number of anilines is 5. The van der Waals surface area contributed by atoms with Crippen molar-refractivity contribution < 1.29 is 17.9 Å². The standard InChI is InChI=1S/C20H20F3N5OS/c1-12-6-7-13(10-15(12)24-2)26-19-25-9-8-17(28-19)27-14-4-3-5-16(18(14)30)29-11-20(21,22)23/h3-10,24,30H,11H2,1-2H3,(H2,25,26,27,28). The van der Waals surface area contributed by atoms with Gasteiger partial charge in [-0.05, 0) is 42.8 Å². The zero-order valence-electron chi connectivity index (χ0n) is 16.2. The number of ether oxygens (including phenoxy) is 1. The predicted molar refractivity (Wildman–Crippen MR) is 115 cm³/mol. The van der Waals surface area contributed by atoms with E-state index >= 15 is 0 Å². The Hall–Kier alpha value is -3.14. The molecule has 0 saturated carbocycles. The third-order valence-corrected chi connectivity index (χ3v) is 4.53. The third-order valence-electron chi connectivity index (χ3n) is 4.07. The molecule has 0 saturated heterocycles. The highest BCUT2D eigenvalue weighted by Crippen LogP contribution is 2.33. The summed E-state index contributed by atoms with van der Waals surface area (Å²) in [6, 6.07) is 12.1. The number of hydrogen-bond acceptors (Lipinski definition) is 7. The smallest absolute Gasteiger partial charge is 0.422 e. The first-order chi connectivity index (χ1) is 14.2. The van der Waals surface area contributed by atoms with Crippen LogP contribution >= 0.6 is 12.6 Å². The van der Waals surface area contributed by atoms with Crippen LogP contribution in [0.15, 0.2) is 53.6 Å². The number of halogens is 3. The van der Waals surface area contributed by atoms with Gasteiger partial charge in [-0.1, -0.05) is 12.1 Å². The van der Waals surface area contributed by atoms with Gasteiger partial charge < -0.3 is 20.7 Å². The van der Waals surface area contributed by atoms with Gasteiger partial charge in [0.2, 0.25) is 5.95 Å². The van der Waals surface area contributed by atoms with Gasteiger partial charge in [-0.15, -0.1) is 12.6 Å². The number of aromatic nitrogens is 2. The summed E-state index contributed by atoms with van der Waals surface area (Å²) in [5, 5.41) is 9.26. The molecule has 0 aliphatic heterocycles. The lowest BCUT2D eigenvalue weighted by molar-refractivity contribution is -0.153. The van der Waals surface area contributed by atoms with Gasteiger partial charge in [-0.25, -0.2) is 4.98 Å². The SMILES string of the molecule is CNc1cc(Nc2nccc(Nc3cccc(OCC(F)(F)F)c3S)n2)ccc1C. The maximum absolute atomic E-state index is 12.4. The molecule has 0 bridgehead atoms. The zero-order valence-corrected chi connectivity index (χ0v) is 17.1. The van der Waals surface area contributed by atoms with Gasteiger partial charge in [0.1, 0.15) is 11.6 Å². The molecule has 0 spiro atoms. The number of alkyl halides is 3. The average Bonchev–Trinajstić information content (AvgIpc) is 2.70. The van der Waals surface area contributed by atoms with Crippen LogP contribution in [0.5, 0.6) is 5.75 Å². The fraction of sp³-hybridized carbons (Fsp3) is 0.200. The van der Waals surface area contributed by atoms with Gasteiger partial charge in [0.15, 0.2) is 6.61 Å². The van der Waals surface area contributed by atoms with Crippen molar-refractivity contribution in [3.63, 3.8) is 0 Å². The van der Waals surface area contributed by atoms with Crippen molar-refractivity contribution in [2.45, 2.75) is 18.0 Å². The molecule has 3 N–H and O–H groups in total. The number of benzene rings is 2. The van der Waals surface area contributed by atoms with Crippen LogP contribution < -0.4 is 20.7 Å². The van der Waals surface area contributed by atoms with E-state index in [-0.39, 0.29) is 10.6 Å². The molecule has 1 heterocycles. The van der Waals surface area contributed by atoms with Crippen molar-refractivity contribution in [2.24, 2.45) is 0 Å². The molecule has 0 fully saturated rings. The molecular weight excluding hydrogens is 415 g/mol. The van der Waals surface area contributed by atoms with Gasteiger partial charge in [0.25, 0.3) is 0 Å². The van der Waals surface area contributed by atoms with Crippen molar-refractivity contribution in [2.75, 3.05) is 29.6 Å². The maximum Gasteiger partial charge on any atom is 0.422 e. The normalized spacial score (nSPS) is 11.1. The molecule has 1 aromatic heterocycles. The van der Waals surface area contributed by atoms with E-state index in [0.29, 0.717) is 17.5 Å². The van der Waals surface area contributed by atoms with Gasteiger partial charge in [-0.3, -0.25) is 0 Å². The minimum Gasteiger partial charge on any atom is -0.483 e. The summed E-state index contributed by atoms with van der Waals surface area (Å²) in [4.78, 5) is 8.83. The number of hydrogen-bond donors (Lipinski definition) is 4. The molecule has 3 aromatic rings. The molecular formula is C20H20F3N5OS. The first-order valence-corrected chi connectivity index (χ1v) is 9.37. The quantitative estimate of drug-likeness (QED) is 0.365. The first-order valence-electron chi connectivity index (χ1n) is 8.92. The average molecular weight is 435 g/mol. The first kappa shape index (κ1) is 21.6. The summed E-state index contributed by atoms with van der Waals surface area (Å²) >= 11 is 4.29. The van der Waals surface area contributed by atoms with Crippen LogP contribution in [0.4, 0.5) is 42.0 Å². The molecule has 0 radical (unpaired) electrons. The molecule has 0 aliphatic rings. The molecule has 0 atom stereocenters. The fourth-order valence-corrected chi connectivity index (χ4v) is 2.89. The Morgan fingerprint density at radius 3 is 2.60 bits per heavy atom. The van der Waals surface area contributed by atoms with Crippen LogP contribution in [0.1, 0.15) is 5.56 Å². The van der Waals surface area contributed by atoms with E-state index in [4.69, 9.17) is 4.74 Å². The lowest BCUT2D eigenvalue weighted by atomic mass is 10.2. The van der Waals surface area contributed by atoms with Crippen molar-refractivity contribution >= 4 is 41.5 Å². The van der Waals surface area contributed by atoms with E-state index in [2.05, 4.69) is 38.5 Å². The minimum atomic E-state index is -4.43. The minimum absolute atomic E-state index is 0.0207. The van der Waals surface area contributed by atoms with Crippen molar-refractivity contribution in [3.8, 4) is 5.75 Å². The lowest BCUT2D eigenvalue weighted by Gasteiger charge is -2.15. The number of aryl methyl sites for hydroxylation is 1. The summed E-state index contributed by atoms with van der Waals surface area (Å²) in [7, 11) is 1.84. The second kappa shape index (κ2) is 9.12. The van der Waals surface area contributed by atoms with E-state index < -0.39 is 12.8 Å². The highest BCUT2D eigenvalue weighted by molar-refractivity contribution is 7.80. The Balaban J connectivity index is 1.75. The molecule has 30 heavy (non-hydrogen) atoms. The Kier molecular flexibility index (Phi) is 6.56. The lowest BCUT2D eigenvalue weighted by Crippen LogP contribution is -2.19. The number of nitrogens with one attached hydrogen (secondary N) is 3. The topological polar surface area (TPSA) is 71.1 Å². The monoisotopic (exact) mass is 435 g/mol. The van der Waals surface area contributed by atoms with Gasteiger partial charge >= 0.3 is 6.18 Å². The molecule has 6 nitrogen and oxygen atoms in total. The molecule has 158 valence electrons. The largest absolute Gasteiger partial charge is 0.483 e. The summed E-state index contributed by atoms with van der Waals surface area (Å²) in [6.45, 7) is 0.606. The van der Waals surface area contributed by atoms with Crippen LogP contribution in [-0.4, -0.2) is 29.8 Å². The van der Waals surface area contributed by atoms with E-state index in [0.717, 1.165) is 16.9 Å². The molecule has 0 amide bonds. The van der Waals surface area contributed by atoms with Crippen molar-refractivity contribution in [1.29, 1.82) is 0 Å². The van der Waals surface area contributed by atoms with E-state index in [1.807, 2.05) is 32.2 Å². The second-order valence-electron chi connectivity index (χ2n) is 6.35. The van der Waals surface area contributed by atoms with Crippen LogP contribution in [0.25, 0.3) is 0 Å². The molecule has 10 heteroatoms. The highest BCUT2D eigenvalue weighted by Gasteiger charge is 2.28. The van der Waals surface area contributed by atoms with Gasteiger partial charge in [-0.2, -0.15) is 18.2 Å². The Labute approximate surface area is 177 Å². The summed E-state index contributed by atoms with van der Waals surface area (Å²) in [6.07, 6.45) is -2.87. The van der Waals surface area contributed by atoms with E-state index in [1.54, 1.807) is 24.4 Å². The Morgan fingerprint density at radius 1 is 1.07 bits per heavy atom. The van der Waals surface area contributed by atoms with Crippen LogP contribution in [0, 0.1) is 6.92 Å². The predicted octanol–water partition coefficient (Wildman–Crippen LogP) is 5.54.